The first-order valence-corrected chi connectivity index (χ1v) is 7.32. The third-order valence-electron chi connectivity index (χ3n) is 2.73. The third-order valence-corrected chi connectivity index (χ3v) is 4.11. The summed E-state index contributed by atoms with van der Waals surface area (Å²) in [5.74, 6) is -0.330. The molecule has 20 heavy (non-hydrogen) atoms. The van der Waals surface area contributed by atoms with Gasteiger partial charge in [0.15, 0.2) is 0 Å². The first-order valence-electron chi connectivity index (χ1n) is 5.77. The number of aromatic nitrogens is 1. The molecule has 104 valence electrons. The SMILES string of the molecule is Cc1cc(Cl)c(C(=O)Nc2cc(Cl)c(C)cc2Br)cn1. The van der Waals surface area contributed by atoms with Crippen LogP contribution in [0.1, 0.15) is 21.6 Å². The van der Waals surface area contributed by atoms with Crippen LogP contribution in [0.5, 0.6) is 0 Å². The molecule has 0 atom stereocenters. The van der Waals surface area contributed by atoms with Gasteiger partial charge in [-0.3, -0.25) is 9.78 Å². The summed E-state index contributed by atoms with van der Waals surface area (Å²) < 4.78 is 0.754. The summed E-state index contributed by atoms with van der Waals surface area (Å²) in [4.78, 5) is 16.3. The molecule has 0 bridgehead atoms. The van der Waals surface area contributed by atoms with E-state index < -0.39 is 0 Å². The molecule has 1 N–H and O–H groups in total. The number of carbonyl (C=O) groups is 1. The highest BCUT2D eigenvalue weighted by molar-refractivity contribution is 9.10. The Balaban J connectivity index is 2.30. The van der Waals surface area contributed by atoms with E-state index in [4.69, 9.17) is 23.2 Å². The van der Waals surface area contributed by atoms with Gasteiger partial charge in [-0.15, -0.1) is 0 Å². The Bertz CT molecular complexity index is 689. The van der Waals surface area contributed by atoms with Gasteiger partial charge in [-0.05, 0) is 53.5 Å². The Hall–Kier alpha value is -1.10. The molecule has 2 rings (SSSR count). The van der Waals surface area contributed by atoms with Gasteiger partial charge in [0.1, 0.15) is 0 Å². The van der Waals surface area contributed by atoms with Crippen molar-refractivity contribution < 1.29 is 4.79 Å². The van der Waals surface area contributed by atoms with Crippen molar-refractivity contribution in [2.45, 2.75) is 13.8 Å². The Morgan fingerprint density at radius 1 is 1.20 bits per heavy atom. The number of amides is 1. The molecule has 0 aliphatic rings. The number of pyridine rings is 1. The minimum Gasteiger partial charge on any atom is -0.321 e. The molecule has 2 aromatic rings. The Kier molecular flexibility index (Phi) is 4.68. The van der Waals surface area contributed by atoms with Crippen molar-refractivity contribution in [1.29, 1.82) is 0 Å². The molecule has 1 aromatic carbocycles. The highest BCUT2D eigenvalue weighted by atomic mass is 79.9. The lowest BCUT2D eigenvalue weighted by molar-refractivity contribution is 0.102. The van der Waals surface area contributed by atoms with E-state index in [2.05, 4.69) is 26.2 Å². The van der Waals surface area contributed by atoms with Gasteiger partial charge in [-0.2, -0.15) is 0 Å². The Morgan fingerprint density at radius 2 is 1.90 bits per heavy atom. The molecule has 0 saturated carbocycles. The maximum Gasteiger partial charge on any atom is 0.258 e. The first-order chi connectivity index (χ1) is 9.38. The van der Waals surface area contributed by atoms with Crippen LogP contribution in [0.4, 0.5) is 5.69 Å². The smallest absolute Gasteiger partial charge is 0.258 e. The van der Waals surface area contributed by atoms with E-state index in [1.54, 1.807) is 12.1 Å². The van der Waals surface area contributed by atoms with E-state index >= 15 is 0 Å². The summed E-state index contributed by atoms with van der Waals surface area (Å²) in [6, 6.07) is 5.18. The number of halogens is 3. The van der Waals surface area contributed by atoms with Gasteiger partial charge in [0.05, 0.1) is 16.3 Å². The predicted octanol–water partition coefficient (Wildman–Crippen LogP) is 5.02. The summed E-state index contributed by atoms with van der Waals surface area (Å²) in [6.45, 7) is 3.70. The average Bonchev–Trinajstić information content (AvgIpc) is 2.35. The molecule has 1 aromatic heterocycles. The molecule has 3 nitrogen and oxygen atoms in total. The number of hydrogen-bond acceptors (Lipinski definition) is 2. The lowest BCUT2D eigenvalue weighted by Crippen LogP contribution is -2.13. The topological polar surface area (TPSA) is 42.0 Å². The van der Waals surface area contributed by atoms with Crippen molar-refractivity contribution in [2.75, 3.05) is 5.32 Å². The zero-order valence-corrected chi connectivity index (χ0v) is 13.9. The lowest BCUT2D eigenvalue weighted by atomic mass is 10.2. The van der Waals surface area contributed by atoms with Crippen molar-refractivity contribution in [2.24, 2.45) is 0 Å². The number of aryl methyl sites for hydroxylation is 2. The third kappa shape index (κ3) is 3.32. The van der Waals surface area contributed by atoms with Crippen molar-refractivity contribution in [3.63, 3.8) is 0 Å². The highest BCUT2D eigenvalue weighted by Gasteiger charge is 2.13. The second kappa shape index (κ2) is 6.12. The highest BCUT2D eigenvalue weighted by Crippen LogP contribution is 2.30. The second-order valence-corrected chi connectivity index (χ2v) is 6.01. The molecule has 0 spiro atoms. The maximum absolute atomic E-state index is 12.2. The minimum absolute atomic E-state index is 0.320. The summed E-state index contributed by atoms with van der Waals surface area (Å²) in [6.07, 6.45) is 1.46. The molecular formula is C14H11BrCl2N2O. The van der Waals surface area contributed by atoms with E-state index in [0.29, 0.717) is 21.3 Å². The van der Waals surface area contributed by atoms with Crippen LogP contribution in [0.15, 0.2) is 28.9 Å². The molecule has 0 unspecified atom stereocenters. The molecule has 0 saturated heterocycles. The summed E-state index contributed by atoms with van der Waals surface area (Å²) in [7, 11) is 0. The normalized spacial score (nSPS) is 10.4. The lowest BCUT2D eigenvalue weighted by Gasteiger charge is -2.10. The zero-order valence-electron chi connectivity index (χ0n) is 10.8. The van der Waals surface area contributed by atoms with Gasteiger partial charge in [0.25, 0.3) is 5.91 Å². The van der Waals surface area contributed by atoms with Gasteiger partial charge in [-0.25, -0.2) is 0 Å². The first kappa shape index (κ1) is 15.3. The van der Waals surface area contributed by atoms with Crippen LogP contribution in [0.3, 0.4) is 0 Å². The van der Waals surface area contributed by atoms with E-state index in [-0.39, 0.29) is 5.91 Å². The maximum atomic E-state index is 12.2. The van der Waals surface area contributed by atoms with E-state index in [1.165, 1.54) is 6.20 Å². The van der Waals surface area contributed by atoms with Gasteiger partial charge in [0.2, 0.25) is 0 Å². The predicted molar refractivity (Wildman–Crippen MR) is 85.8 cm³/mol. The Labute approximate surface area is 135 Å². The average molecular weight is 374 g/mol. The zero-order chi connectivity index (χ0) is 14.9. The van der Waals surface area contributed by atoms with Crippen LogP contribution in [0.2, 0.25) is 10.0 Å². The number of nitrogens with one attached hydrogen (secondary N) is 1. The van der Waals surface area contributed by atoms with Gasteiger partial charge in [0, 0.05) is 21.4 Å². The summed E-state index contributed by atoms with van der Waals surface area (Å²) >= 11 is 15.5. The van der Waals surface area contributed by atoms with Crippen molar-refractivity contribution in [1.82, 2.24) is 4.98 Å². The van der Waals surface area contributed by atoms with Crippen LogP contribution in [0.25, 0.3) is 0 Å². The van der Waals surface area contributed by atoms with Crippen LogP contribution in [-0.2, 0) is 0 Å². The molecule has 1 heterocycles. The minimum atomic E-state index is -0.330. The van der Waals surface area contributed by atoms with Gasteiger partial charge in [-0.1, -0.05) is 23.2 Å². The Morgan fingerprint density at radius 3 is 2.55 bits per heavy atom. The molecule has 0 fully saturated rings. The van der Waals surface area contributed by atoms with Crippen LogP contribution in [0, 0.1) is 13.8 Å². The summed E-state index contributed by atoms with van der Waals surface area (Å²) in [5.41, 5.74) is 2.58. The fourth-order valence-corrected chi connectivity index (χ4v) is 2.64. The molecule has 0 aliphatic heterocycles. The largest absolute Gasteiger partial charge is 0.321 e. The van der Waals surface area contributed by atoms with Crippen LogP contribution in [-0.4, -0.2) is 10.9 Å². The summed E-state index contributed by atoms with van der Waals surface area (Å²) in [5, 5.41) is 3.71. The number of hydrogen-bond donors (Lipinski definition) is 1. The fourth-order valence-electron chi connectivity index (χ4n) is 1.63. The number of benzene rings is 1. The number of nitrogens with zero attached hydrogens (tertiary/aromatic N) is 1. The molecule has 0 aliphatic carbocycles. The van der Waals surface area contributed by atoms with Crippen LogP contribution >= 0.6 is 39.1 Å². The number of rotatable bonds is 2. The molecule has 1 amide bonds. The van der Waals surface area contributed by atoms with E-state index in [1.807, 2.05) is 19.9 Å². The monoisotopic (exact) mass is 372 g/mol. The fraction of sp³-hybridized carbons (Fsp3) is 0.143. The molecule has 6 heteroatoms. The second-order valence-electron chi connectivity index (χ2n) is 4.34. The van der Waals surface area contributed by atoms with E-state index in [9.17, 15) is 4.79 Å². The van der Waals surface area contributed by atoms with Crippen molar-refractivity contribution in [3.8, 4) is 0 Å². The van der Waals surface area contributed by atoms with E-state index in [0.717, 1.165) is 15.7 Å². The molecule has 0 radical (unpaired) electrons. The standard InChI is InChI=1S/C14H11BrCl2N2O/c1-7-3-10(15)13(5-11(7)16)19-14(20)9-6-18-8(2)4-12(9)17/h3-6H,1-2H3,(H,19,20). The van der Waals surface area contributed by atoms with Crippen molar-refractivity contribution in [3.05, 3.63) is 55.7 Å². The number of anilines is 1. The quantitative estimate of drug-likeness (QED) is 0.802. The van der Waals surface area contributed by atoms with Crippen molar-refractivity contribution >= 4 is 50.7 Å². The van der Waals surface area contributed by atoms with Gasteiger partial charge >= 0.3 is 0 Å². The molecular weight excluding hydrogens is 363 g/mol. The number of carbonyl (C=O) groups excluding carboxylic acids is 1. The van der Waals surface area contributed by atoms with Gasteiger partial charge < -0.3 is 5.32 Å². The van der Waals surface area contributed by atoms with Crippen LogP contribution < -0.4 is 5.32 Å².